The smallest absolute Gasteiger partial charge is 0.263 e. The van der Waals surface area contributed by atoms with Crippen molar-refractivity contribution in [2.75, 3.05) is 39.3 Å². The van der Waals surface area contributed by atoms with Crippen molar-refractivity contribution in [3.63, 3.8) is 0 Å². The van der Waals surface area contributed by atoms with Crippen molar-refractivity contribution in [1.82, 2.24) is 30.0 Å². The first-order valence-electron chi connectivity index (χ1n) is 18.7. The number of para-hydroxylation sites is 2. The third-order valence-corrected chi connectivity index (χ3v) is 11.1. The number of imide groups is 2. The summed E-state index contributed by atoms with van der Waals surface area (Å²) in [6.45, 7) is 2.73. The Kier molecular flexibility index (Phi) is 7.83. The Bertz CT molecular complexity index is 2870. The van der Waals surface area contributed by atoms with Crippen LogP contribution in [0.4, 0.5) is 0 Å². The van der Waals surface area contributed by atoms with Gasteiger partial charge in [0.15, 0.2) is 0 Å². The van der Waals surface area contributed by atoms with Crippen LogP contribution in [-0.2, 0) is 0 Å². The molecule has 4 heterocycles. The second-order valence-corrected chi connectivity index (χ2v) is 14.2. The van der Waals surface area contributed by atoms with Gasteiger partial charge in [0.05, 0.1) is 27.7 Å². The predicted octanol–water partition coefficient (Wildman–Crippen LogP) is 7.03. The molecule has 0 radical (unpaired) electrons. The summed E-state index contributed by atoms with van der Waals surface area (Å²) in [5, 5.41) is 13.1. The Hall–Kier alpha value is -6.62. The topological polar surface area (TPSA) is 120 Å². The minimum absolute atomic E-state index is 0.238. The van der Waals surface area contributed by atoms with Crippen LogP contribution in [0.3, 0.4) is 0 Å². The third kappa shape index (κ3) is 5.17. The summed E-state index contributed by atoms with van der Waals surface area (Å²) >= 11 is 0. The van der Waals surface area contributed by atoms with Gasteiger partial charge in [0.25, 0.3) is 23.6 Å². The Labute approximate surface area is 315 Å². The molecule has 0 bridgehead atoms. The number of hydrogen-bond donors (Lipinski definition) is 3. The number of carbonyl (C=O) groups is 4. The molecule has 3 N–H and O–H groups in total. The molecule has 2 aliphatic rings. The standard InChI is InChI=1S/C45H36N6O4/c52-42-33-12-6-9-28-25-30(51-36-14-3-1-10-31(36)32-11-2-4-15-37(32)51)26-35(38(28)33)44(54)49(42)22-20-46-17-7-18-47-21-23-50-43(53)34-13-5-8-27-24-29-16-19-48-41(29)40(39(27)34)45(50)55/h1-6,8-16,19,24-26,46-48H,7,17-18,20-23H2. The normalized spacial score (nSPS) is 14.2. The lowest BCUT2D eigenvalue weighted by Crippen LogP contribution is -2.44. The number of fused-ring (bicyclic) bond motifs is 5. The van der Waals surface area contributed by atoms with Gasteiger partial charge in [-0.3, -0.25) is 29.0 Å². The number of aromatic nitrogens is 2. The van der Waals surface area contributed by atoms with E-state index in [0.29, 0.717) is 59.2 Å². The highest BCUT2D eigenvalue weighted by atomic mass is 16.2. The molecule has 0 unspecified atom stereocenters. The van der Waals surface area contributed by atoms with E-state index < -0.39 is 0 Å². The van der Waals surface area contributed by atoms with Crippen LogP contribution in [0.1, 0.15) is 47.9 Å². The Morgan fingerprint density at radius 2 is 1.09 bits per heavy atom. The second kappa shape index (κ2) is 13.0. The van der Waals surface area contributed by atoms with E-state index in [1.807, 2.05) is 72.9 Å². The molecule has 8 aromatic rings. The van der Waals surface area contributed by atoms with Gasteiger partial charge in [0.2, 0.25) is 0 Å². The van der Waals surface area contributed by atoms with E-state index in [1.165, 1.54) is 9.80 Å². The van der Waals surface area contributed by atoms with Gasteiger partial charge < -0.3 is 20.2 Å². The number of benzene rings is 6. The zero-order chi connectivity index (χ0) is 37.2. The van der Waals surface area contributed by atoms with Crippen molar-refractivity contribution in [2.45, 2.75) is 6.42 Å². The molecule has 6 aromatic carbocycles. The minimum atomic E-state index is -0.294. The predicted molar refractivity (Wildman–Crippen MR) is 215 cm³/mol. The molecule has 0 aliphatic carbocycles. The van der Waals surface area contributed by atoms with Crippen molar-refractivity contribution in [1.29, 1.82) is 0 Å². The lowest BCUT2D eigenvalue weighted by molar-refractivity contribution is 0.0598. The number of rotatable bonds is 11. The Morgan fingerprint density at radius 3 is 1.76 bits per heavy atom. The number of H-pyrrole nitrogens is 1. The van der Waals surface area contributed by atoms with Crippen LogP contribution in [0.5, 0.6) is 0 Å². The maximum atomic E-state index is 14.1. The zero-order valence-corrected chi connectivity index (χ0v) is 29.9. The summed E-state index contributed by atoms with van der Waals surface area (Å²) in [7, 11) is 0. The van der Waals surface area contributed by atoms with Crippen LogP contribution in [0.15, 0.2) is 115 Å². The number of carbonyl (C=O) groups excluding carboxylic acids is 4. The largest absolute Gasteiger partial charge is 0.361 e. The summed E-state index contributed by atoms with van der Waals surface area (Å²) < 4.78 is 2.19. The van der Waals surface area contributed by atoms with E-state index in [-0.39, 0.29) is 36.7 Å². The molecule has 0 saturated carbocycles. The Balaban J connectivity index is 0.772. The lowest BCUT2D eigenvalue weighted by atomic mass is 9.92. The van der Waals surface area contributed by atoms with Crippen molar-refractivity contribution in [3.8, 4) is 5.69 Å². The van der Waals surface area contributed by atoms with E-state index in [9.17, 15) is 19.2 Å². The summed E-state index contributed by atoms with van der Waals surface area (Å²) in [6.07, 6.45) is 2.59. The molecule has 0 spiro atoms. The Morgan fingerprint density at radius 1 is 0.509 bits per heavy atom. The SMILES string of the molecule is O=C1c2cccc3cc(-n4c5ccccc5c5ccccc54)cc(c23)C(=O)N1CCNCCCNCCN1C(=O)c2cccc3cc4cc[nH]c4c(c23)C1=O. The monoisotopic (exact) mass is 724 g/mol. The fraction of sp³-hybridized carbons (Fsp3) is 0.156. The van der Waals surface area contributed by atoms with Gasteiger partial charge in [-0.2, -0.15) is 0 Å². The minimum Gasteiger partial charge on any atom is -0.361 e. The number of nitrogens with zero attached hydrogens (tertiary/aromatic N) is 3. The maximum Gasteiger partial charge on any atom is 0.263 e. The molecule has 10 nitrogen and oxygen atoms in total. The summed E-state index contributed by atoms with van der Waals surface area (Å²) in [5.41, 5.74) is 5.88. The summed E-state index contributed by atoms with van der Waals surface area (Å²) in [6, 6.07) is 35.7. The second-order valence-electron chi connectivity index (χ2n) is 14.2. The van der Waals surface area contributed by atoms with E-state index >= 15 is 0 Å². The van der Waals surface area contributed by atoms with Gasteiger partial charge in [0, 0.05) is 76.1 Å². The van der Waals surface area contributed by atoms with Gasteiger partial charge >= 0.3 is 0 Å². The fourth-order valence-corrected chi connectivity index (χ4v) is 8.59. The average molecular weight is 725 g/mol. The molecule has 0 saturated heterocycles. The number of nitrogens with one attached hydrogen (secondary N) is 3. The van der Waals surface area contributed by atoms with Gasteiger partial charge in [0.1, 0.15) is 0 Å². The third-order valence-electron chi connectivity index (χ3n) is 11.1. The van der Waals surface area contributed by atoms with Gasteiger partial charge in [-0.05, 0) is 78.8 Å². The van der Waals surface area contributed by atoms with Gasteiger partial charge in [-0.15, -0.1) is 0 Å². The molecule has 55 heavy (non-hydrogen) atoms. The van der Waals surface area contributed by atoms with E-state index in [2.05, 4.69) is 50.5 Å². The number of aromatic amines is 1. The molecule has 0 fully saturated rings. The first-order chi connectivity index (χ1) is 27.0. The van der Waals surface area contributed by atoms with Crippen molar-refractivity contribution < 1.29 is 19.2 Å². The molecule has 10 rings (SSSR count). The number of amides is 4. The highest BCUT2D eigenvalue weighted by Crippen LogP contribution is 2.37. The molecule has 2 aromatic heterocycles. The van der Waals surface area contributed by atoms with E-state index in [4.69, 9.17) is 0 Å². The van der Waals surface area contributed by atoms with Crippen LogP contribution in [0.2, 0.25) is 0 Å². The fourth-order valence-electron chi connectivity index (χ4n) is 8.59. The molecule has 270 valence electrons. The summed E-state index contributed by atoms with van der Waals surface area (Å²) in [4.78, 5) is 60.6. The first-order valence-corrected chi connectivity index (χ1v) is 18.7. The zero-order valence-electron chi connectivity index (χ0n) is 29.9. The van der Waals surface area contributed by atoms with Crippen molar-refractivity contribution >= 4 is 77.9 Å². The van der Waals surface area contributed by atoms with Crippen LogP contribution in [0, 0.1) is 0 Å². The quantitative estimate of drug-likeness (QED) is 0.0974. The average Bonchev–Trinajstić information content (AvgIpc) is 3.82. The molecular formula is C45H36N6O4. The van der Waals surface area contributed by atoms with Gasteiger partial charge in [-0.1, -0.05) is 60.7 Å². The molecule has 10 heteroatoms. The molecule has 2 aliphatic heterocycles. The van der Waals surface area contributed by atoms with Gasteiger partial charge in [-0.25, -0.2) is 0 Å². The highest BCUT2D eigenvalue weighted by molar-refractivity contribution is 6.30. The van der Waals surface area contributed by atoms with Crippen LogP contribution >= 0.6 is 0 Å². The lowest BCUT2D eigenvalue weighted by Gasteiger charge is -2.28. The molecule has 0 atom stereocenters. The summed E-state index contributed by atoms with van der Waals surface area (Å²) in [5.74, 6) is -1.14. The van der Waals surface area contributed by atoms with Crippen molar-refractivity contribution in [3.05, 3.63) is 138 Å². The highest BCUT2D eigenvalue weighted by Gasteiger charge is 2.35. The van der Waals surface area contributed by atoms with Crippen molar-refractivity contribution in [2.24, 2.45) is 0 Å². The van der Waals surface area contributed by atoms with E-state index in [1.54, 1.807) is 12.1 Å². The number of hydrogen-bond acceptors (Lipinski definition) is 6. The maximum absolute atomic E-state index is 14.1. The van der Waals surface area contributed by atoms with Crippen LogP contribution < -0.4 is 10.6 Å². The van der Waals surface area contributed by atoms with Crippen LogP contribution in [0.25, 0.3) is 59.9 Å². The first kappa shape index (κ1) is 33.0. The van der Waals surface area contributed by atoms with E-state index in [0.717, 1.165) is 55.6 Å². The van der Waals surface area contributed by atoms with Crippen LogP contribution in [-0.4, -0.2) is 82.2 Å². The molecule has 4 amide bonds. The molecular weight excluding hydrogens is 689 g/mol.